The highest BCUT2D eigenvalue weighted by Crippen LogP contribution is 2.20. The zero-order chi connectivity index (χ0) is 14.2. The van der Waals surface area contributed by atoms with E-state index in [4.69, 9.17) is 24.6 Å². The van der Waals surface area contributed by atoms with Gasteiger partial charge in [0.2, 0.25) is 7.50 Å². The Morgan fingerprint density at radius 1 is 1.22 bits per heavy atom. The van der Waals surface area contributed by atoms with E-state index in [2.05, 4.69) is 21.4 Å². The molecule has 1 rings (SSSR count). The largest absolute Gasteiger partial charge is 0.741 e. The minimum Gasteiger partial charge on any atom is -0.741 e. The molecule has 0 radical (unpaired) electrons. The first-order chi connectivity index (χ1) is 8.18. The summed E-state index contributed by atoms with van der Waals surface area (Å²) in [6.45, 7) is 0. The summed E-state index contributed by atoms with van der Waals surface area (Å²) in [5, 5.41) is 2.39. The molecule has 100 valence electrons. The second-order valence-corrected chi connectivity index (χ2v) is 6.36. The Bertz CT molecular complexity index is 519. The van der Waals surface area contributed by atoms with Crippen LogP contribution in [0.5, 0.6) is 0 Å². The molecule has 0 aliphatic carbocycles. The highest BCUT2D eigenvalue weighted by Gasteiger charge is 2.36. The number of benzene rings is 1. The van der Waals surface area contributed by atoms with Gasteiger partial charge in [-0.2, -0.15) is 13.2 Å². The minimum absolute atomic E-state index is 0.166. The van der Waals surface area contributed by atoms with Crippen molar-refractivity contribution in [1.82, 2.24) is 0 Å². The van der Waals surface area contributed by atoms with Crippen LogP contribution in [-0.2, 0) is 10.1 Å². The minimum atomic E-state index is -6.09. The maximum atomic E-state index is 10.7. The molecule has 0 saturated heterocycles. The van der Waals surface area contributed by atoms with Gasteiger partial charge in [0.1, 0.15) is 0 Å². The monoisotopic (exact) mass is 412 g/mol. The van der Waals surface area contributed by atoms with Crippen molar-refractivity contribution in [1.29, 1.82) is 0 Å². The Hall–Kier alpha value is -0.500. The van der Waals surface area contributed by atoms with Crippen LogP contribution in [0, 0.1) is 12.9 Å². The maximum absolute atomic E-state index is 10.7. The third kappa shape index (κ3) is 7.75. The maximum Gasteiger partial charge on any atom is 0.485 e. The van der Waals surface area contributed by atoms with Crippen molar-refractivity contribution in [2.75, 3.05) is 0 Å². The van der Waals surface area contributed by atoms with E-state index >= 15 is 0 Å². The van der Waals surface area contributed by atoms with Crippen LogP contribution in [0.15, 0.2) is 30.3 Å². The fourth-order valence-electron chi connectivity index (χ4n) is 0.550. The lowest BCUT2D eigenvalue weighted by molar-refractivity contribution is -0.535. The van der Waals surface area contributed by atoms with Gasteiger partial charge in [-0.1, -0.05) is 18.2 Å². The Morgan fingerprint density at radius 3 is 2.00 bits per heavy atom. The molecule has 0 heterocycles. The van der Waals surface area contributed by atoms with E-state index in [9.17, 15) is 13.2 Å². The van der Waals surface area contributed by atoms with Crippen LogP contribution in [0.2, 0.25) is 0 Å². The lowest BCUT2D eigenvalue weighted by Gasteiger charge is -2.08. The first kappa shape index (κ1) is 17.5. The second-order valence-electron chi connectivity index (χ2n) is 2.48. The van der Waals surface area contributed by atoms with Gasteiger partial charge in [0, 0.05) is 0 Å². The van der Waals surface area contributed by atoms with E-state index in [0.717, 1.165) is 0 Å². The summed E-state index contributed by atoms with van der Waals surface area (Å²) >= 11 is 5.05. The summed E-state index contributed by atoms with van der Waals surface area (Å²) in [6, 6.07) is 10.2. The van der Waals surface area contributed by atoms with Gasteiger partial charge < -0.3 is 4.55 Å². The fourth-order valence-corrected chi connectivity index (χ4v) is 1.98. The molecule has 18 heavy (non-hydrogen) atoms. The van der Waals surface area contributed by atoms with Gasteiger partial charge in [-0.25, -0.2) is 8.42 Å². The summed E-state index contributed by atoms with van der Waals surface area (Å²) in [5.74, 6) is 0. The molecule has 0 aromatic heterocycles. The van der Waals surface area contributed by atoms with Crippen LogP contribution in [0.25, 0.3) is 0 Å². The van der Waals surface area contributed by atoms with Gasteiger partial charge in [0.15, 0.2) is 10.1 Å². The summed E-state index contributed by atoms with van der Waals surface area (Å²) in [7, 11) is -6.09. The highest BCUT2D eigenvalue weighted by molar-refractivity contribution is 7.86. The third-order valence-corrected chi connectivity index (χ3v) is 4.07. The van der Waals surface area contributed by atoms with Gasteiger partial charge in [-0.3, -0.25) is 0 Å². The molecule has 0 bridgehead atoms. The number of hydrogen-bond acceptors (Lipinski definition) is 3. The van der Waals surface area contributed by atoms with Gasteiger partial charge in [0.25, 0.3) is 0 Å². The number of alkyl halides is 3. The molecule has 3 nitrogen and oxygen atoms in total. The van der Waals surface area contributed by atoms with Gasteiger partial charge in [-0.15, -0.1) is 0 Å². The van der Waals surface area contributed by atoms with Crippen molar-refractivity contribution in [3.8, 4) is 9.31 Å². The molecule has 1 aromatic rings. The normalized spacial score (nSPS) is 10.7. The van der Waals surface area contributed by atoms with Gasteiger partial charge in [0.05, 0.1) is 5.38 Å². The molecule has 0 aliphatic heterocycles. The smallest absolute Gasteiger partial charge is 0.485 e. The Morgan fingerprint density at radius 2 is 1.67 bits per heavy atom. The zero-order valence-electron chi connectivity index (χ0n) is 8.41. The van der Waals surface area contributed by atoms with Crippen LogP contribution in [0.3, 0.4) is 0 Å². The molecule has 0 aliphatic rings. The van der Waals surface area contributed by atoms with Crippen LogP contribution in [0.1, 0.15) is 0 Å². The molecule has 0 unspecified atom stereocenters. The molecule has 1 aromatic carbocycles. The van der Waals surface area contributed by atoms with Crippen molar-refractivity contribution < 1.29 is 47.3 Å². The summed E-state index contributed by atoms with van der Waals surface area (Å²) in [5.41, 5.74) is -5.65. The van der Waals surface area contributed by atoms with E-state index < -0.39 is 15.6 Å². The van der Waals surface area contributed by atoms with Gasteiger partial charge in [-0.05, 0) is 23.7 Å². The van der Waals surface area contributed by atoms with Crippen molar-refractivity contribution in [3.63, 3.8) is 0 Å². The molecule has 9 heteroatoms. The first-order valence-electron chi connectivity index (χ1n) is 4.00. The van der Waals surface area contributed by atoms with Crippen molar-refractivity contribution >= 4 is 21.7 Å². The van der Waals surface area contributed by atoms with Crippen molar-refractivity contribution in [2.45, 2.75) is 5.51 Å². The standard InChI is InChI=1S/C8H5ClI.CHF3O3S/c9-6-7-10-8-4-2-1-3-5-8;2-1(3,4)8(5,6)7/h1-5H;(H,5,6,7)/q+1;/p-1. The summed E-state index contributed by atoms with van der Waals surface area (Å²) in [6.07, 6.45) is 0. The Kier molecular flexibility index (Phi) is 7.61. The zero-order valence-corrected chi connectivity index (χ0v) is 12.1. The topological polar surface area (TPSA) is 57.2 Å². The van der Waals surface area contributed by atoms with E-state index in [1.165, 1.54) is 3.57 Å². The third-order valence-electron chi connectivity index (χ3n) is 1.21. The molecule has 0 amide bonds. The van der Waals surface area contributed by atoms with Crippen molar-refractivity contribution in [3.05, 3.63) is 33.9 Å². The van der Waals surface area contributed by atoms with Crippen LogP contribution in [-0.4, -0.2) is 18.5 Å². The number of halogens is 5. The average molecular weight is 413 g/mol. The molecule has 0 saturated carbocycles. The lowest BCUT2D eigenvalue weighted by atomic mass is 10.4. The van der Waals surface area contributed by atoms with E-state index in [-0.39, 0.29) is 21.2 Å². The lowest BCUT2D eigenvalue weighted by Crippen LogP contribution is -3.59. The highest BCUT2D eigenvalue weighted by atomic mass is 127. The molecular weight excluding hydrogens is 408 g/mol. The van der Waals surface area contributed by atoms with E-state index in [0.29, 0.717) is 0 Å². The van der Waals surface area contributed by atoms with E-state index in [1.807, 2.05) is 18.2 Å². The number of hydrogen-bond donors (Lipinski definition) is 0. The first-order valence-corrected chi connectivity index (χ1v) is 7.94. The molecule has 0 atom stereocenters. The Labute approximate surface area is 117 Å². The molecular formula is C9H5ClF3IO3S. The van der Waals surface area contributed by atoms with Crippen LogP contribution >= 0.6 is 11.6 Å². The SMILES string of the molecule is ClC#C[I+]c1ccccc1.O=S(=O)([O-])C(F)(F)F. The summed E-state index contributed by atoms with van der Waals surface area (Å²) < 4.78 is 63.1. The second kappa shape index (κ2) is 7.83. The van der Waals surface area contributed by atoms with E-state index in [1.54, 1.807) is 0 Å². The predicted octanol–water partition coefficient (Wildman–Crippen LogP) is -0.846. The van der Waals surface area contributed by atoms with Crippen LogP contribution < -0.4 is 21.2 Å². The molecule has 0 N–H and O–H groups in total. The van der Waals surface area contributed by atoms with Gasteiger partial charge >= 0.3 is 26.7 Å². The summed E-state index contributed by atoms with van der Waals surface area (Å²) in [4.78, 5) is 0. The predicted molar refractivity (Wildman–Crippen MR) is 54.5 cm³/mol. The Balaban J connectivity index is 0.000000331. The number of rotatable bonds is 1. The fraction of sp³-hybridized carbons (Fsp3) is 0.111. The quantitative estimate of drug-likeness (QED) is 0.261. The van der Waals surface area contributed by atoms with Crippen LogP contribution in [0.4, 0.5) is 13.2 Å². The molecule has 0 spiro atoms. The average Bonchev–Trinajstić information content (AvgIpc) is 2.26. The van der Waals surface area contributed by atoms with Crippen molar-refractivity contribution in [2.24, 2.45) is 0 Å². The molecule has 0 fully saturated rings.